The van der Waals surface area contributed by atoms with Crippen LogP contribution in [0.3, 0.4) is 0 Å². The smallest absolute Gasteiger partial charge is 0.407 e. The minimum Gasteiger partial charge on any atom is -0.444 e. The SMILES string of the molecule is C[C@@H](COCc1cccc2cc3cccc(COC[C@H](C)NC(=O)OC(C)(C)C)c3nc12)NC(=O)OC(C)(C)C. The van der Waals surface area contributed by atoms with Crippen molar-refractivity contribution >= 4 is 34.0 Å². The second-order valence-electron chi connectivity index (χ2n) is 12.1. The minimum absolute atomic E-state index is 0.213. The van der Waals surface area contributed by atoms with Crippen molar-refractivity contribution in [2.75, 3.05) is 13.2 Å². The van der Waals surface area contributed by atoms with Gasteiger partial charge in [-0.1, -0.05) is 36.4 Å². The molecule has 2 N–H and O–H groups in total. The van der Waals surface area contributed by atoms with Crippen molar-refractivity contribution in [3.05, 3.63) is 53.6 Å². The summed E-state index contributed by atoms with van der Waals surface area (Å²) in [5.41, 5.74) is 2.51. The largest absolute Gasteiger partial charge is 0.444 e. The number of alkyl carbamates (subject to hydrolysis) is 2. The third-order valence-corrected chi connectivity index (χ3v) is 5.61. The number of fused-ring (bicyclic) bond motifs is 2. The summed E-state index contributed by atoms with van der Waals surface area (Å²) in [6.45, 7) is 16.1. The van der Waals surface area contributed by atoms with Gasteiger partial charge in [0.1, 0.15) is 11.2 Å². The molecule has 218 valence electrons. The summed E-state index contributed by atoms with van der Waals surface area (Å²) in [7, 11) is 0. The van der Waals surface area contributed by atoms with Gasteiger partial charge in [-0.2, -0.15) is 0 Å². The number of carbonyl (C=O) groups excluding carboxylic acids is 2. The van der Waals surface area contributed by atoms with Crippen molar-refractivity contribution in [1.82, 2.24) is 15.6 Å². The molecule has 0 fully saturated rings. The van der Waals surface area contributed by atoms with Gasteiger partial charge in [-0.15, -0.1) is 0 Å². The lowest BCUT2D eigenvalue weighted by atomic mass is 10.0. The standard InChI is InChI=1S/C31H43N3O6/c1-20(32-28(35)39-30(3,4)5)16-37-18-24-13-9-11-22-15-23-12-10-14-25(27(23)34-26(22)24)19-38-17-21(2)33-29(36)40-31(6,7)8/h9-15,20-21H,16-19H2,1-8H3,(H,32,35)(H,33,36)/t20-,21-/m0/s1. The highest BCUT2D eigenvalue weighted by molar-refractivity contribution is 5.95. The van der Waals surface area contributed by atoms with Crippen molar-refractivity contribution in [3.63, 3.8) is 0 Å². The van der Waals surface area contributed by atoms with Crippen LogP contribution in [0.1, 0.15) is 66.5 Å². The molecule has 9 nitrogen and oxygen atoms in total. The number of hydrogen-bond donors (Lipinski definition) is 2. The average molecular weight is 554 g/mol. The summed E-state index contributed by atoms with van der Waals surface area (Å²) in [4.78, 5) is 29.0. The normalized spacial score (nSPS) is 13.6. The molecule has 40 heavy (non-hydrogen) atoms. The molecule has 1 heterocycles. The van der Waals surface area contributed by atoms with Crippen molar-refractivity contribution in [2.24, 2.45) is 0 Å². The molecule has 0 aliphatic carbocycles. The van der Waals surface area contributed by atoms with Gasteiger partial charge in [0.15, 0.2) is 0 Å². The maximum Gasteiger partial charge on any atom is 0.407 e. The topological polar surface area (TPSA) is 108 Å². The highest BCUT2D eigenvalue weighted by Crippen LogP contribution is 2.25. The molecule has 1 aromatic heterocycles. The number of rotatable bonds is 10. The summed E-state index contributed by atoms with van der Waals surface area (Å²) in [6, 6.07) is 13.7. The fourth-order valence-corrected chi connectivity index (χ4v) is 4.03. The fourth-order valence-electron chi connectivity index (χ4n) is 4.03. The molecule has 3 rings (SSSR count). The van der Waals surface area contributed by atoms with Crippen molar-refractivity contribution < 1.29 is 28.5 Å². The van der Waals surface area contributed by atoms with Crippen LogP contribution in [0, 0.1) is 0 Å². The lowest BCUT2D eigenvalue weighted by Gasteiger charge is -2.22. The predicted molar refractivity (Wildman–Crippen MR) is 156 cm³/mol. The average Bonchev–Trinajstić information content (AvgIpc) is 2.80. The summed E-state index contributed by atoms with van der Waals surface area (Å²) < 4.78 is 22.5. The molecular weight excluding hydrogens is 510 g/mol. The molecule has 2 atom stereocenters. The van der Waals surface area contributed by atoms with Gasteiger partial charge in [-0.05, 0) is 61.5 Å². The number of nitrogens with one attached hydrogen (secondary N) is 2. The van der Waals surface area contributed by atoms with Gasteiger partial charge in [-0.3, -0.25) is 0 Å². The van der Waals surface area contributed by atoms with Gasteiger partial charge in [0, 0.05) is 21.9 Å². The zero-order valence-electron chi connectivity index (χ0n) is 24.9. The van der Waals surface area contributed by atoms with E-state index in [-0.39, 0.29) is 12.1 Å². The number of hydrogen-bond acceptors (Lipinski definition) is 7. The van der Waals surface area contributed by atoms with Crippen LogP contribution in [0.2, 0.25) is 0 Å². The Morgan fingerprint density at radius 1 is 0.725 bits per heavy atom. The van der Waals surface area contributed by atoms with Crippen LogP contribution in [0.5, 0.6) is 0 Å². The maximum absolute atomic E-state index is 12.0. The predicted octanol–water partition coefficient (Wildman–Crippen LogP) is 6.25. The number of benzene rings is 2. The van der Waals surface area contributed by atoms with Crippen LogP contribution in [-0.2, 0) is 32.2 Å². The van der Waals surface area contributed by atoms with E-state index in [1.54, 1.807) is 0 Å². The summed E-state index contributed by atoms with van der Waals surface area (Å²) in [6.07, 6.45) is -0.932. The van der Waals surface area contributed by atoms with Crippen molar-refractivity contribution in [1.29, 1.82) is 0 Å². The first-order chi connectivity index (χ1) is 18.7. The van der Waals surface area contributed by atoms with E-state index in [0.717, 1.165) is 32.9 Å². The van der Waals surface area contributed by atoms with Crippen LogP contribution < -0.4 is 10.6 Å². The molecule has 0 aliphatic rings. The summed E-state index contributed by atoms with van der Waals surface area (Å²) >= 11 is 0. The van der Waals surface area contributed by atoms with E-state index < -0.39 is 23.4 Å². The minimum atomic E-state index is -0.554. The monoisotopic (exact) mass is 553 g/mol. The molecule has 2 aromatic carbocycles. The lowest BCUT2D eigenvalue weighted by Crippen LogP contribution is -2.39. The first kappa shape index (κ1) is 31.1. The first-order valence-corrected chi connectivity index (χ1v) is 13.6. The Kier molecular flexibility index (Phi) is 10.3. The fraction of sp³-hybridized carbons (Fsp3) is 0.516. The van der Waals surface area contributed by atoms with Gasteiger partial charge < -0.3 is 29.6 Å². The second-order valence-corrected chi connectivity index (χ2v) is 12.1. The molecule has 0 aliphatic heterocycles. The van der Waals surface area contributed by atoms with E-state index in [4.69, 9.17) is 23.9 Å². The Hall–Kier alpha value is -3.43. The van der Waals surface area contributed by atoms with Gasteiger partial charge in [0.05, 0.1) is 49.5 Å². The quantitative estimate of drug-likeness (QED) is 0.286. The number of nitrogens with zero attached hydrogens (tertiary/aromatic N) is 1. The third-order valence-electron chi connectivity index (χ3n) is 5.61. The van der Waals surface area contributed by atoms with E-state index in [9.17, 15) is 9.59 Å². The molecule has 9 heteroatoms. The van der Waals surface area contributed by atoms with Crippen molar-refractivity contribution in [3.8, 4) is 0 Å². The van der Waals surface area contributed by atoms with Gasteiger partial charge in [0.2, 0.25) is 0 Å². The van der Waals surface area contributed by atoms with Gasteiger partial charge in [0.25, 0.3) is 0 Å². The lowest BCUT2D eigenvalue weighted by molar-refractivity contribution is 0.0433. The number of para-hydroxylation sites is 2. The van der Waals surface area contributed by atoms with Gasteiger partial charge in [-0.25, -0.2) is 14.6 Å². The highest BCUT2D eigenvalue weighted by Gasteiger charge is 2.19. The maximum atomic E-state index is 12.0. The third kappa shape index (κ3) is 9.95. The molecular formula is C31H43N3O6. The molecule has 0 radical (unpaired) electrons. The molecule has 0 unspecified atom stereocenters. The molecule has 3 aromatic rings. The van der Waals surface area contributed by atoms with Gasteiger partial charge >= 0.3 is 12.2 Å². The Morgan fingerprint density at radius 2 is 1.12 bits per heavy atom. The number of carbonyl (C=O) groups is 2. The van der Waals surface area contributed by atoms with E-state index in [1.165, 1.54) is 0 Å². The van der Waals surface area contributed by atoms with E-state index in [1.807, 2.05) is 91.8 Å². The number of amides is 2. The molecule has 2 amide bonds. The molecule has 0 spiro atoms. The van der Waals surface area contributed by atoms with E-state index >= 15 is 0 Å². The van der Waals surface area contributed by atoms with Crippen LogP contribution in [0.15, 0.2) is 42.5 Å². The highest BCUT2D eigenvalue weighted by atomic mass is 16.6. The van der Waals surface area contributed by atoms with E-state index in [0.29, 0.717) is 26.4 Å². The second kappa shape index (κ2) is 13.3. The zero-order valence-corrected chi connectivity index (χ0v) is 24.9. The Morgan fingerprint density at radius 3 is 1.50 bits per heavy atom. The number of ether oxygens (including phenoxy) is 4. The Balaban J connectivity index is 1.64. The van der Waals surface area contributed by atoms with Crippen LogP contribution in [0.25, 0.3) is 21.8 Å². The molecule has 0 bridgehead atoms. The Bertz CT molecular complexity index is 1220. The summed E-state index contributed by atoms with van der Waals surface area (Å²) in [5, 5.41) is 7.62. The van der Waals surface area contributed by atoms with Crippen LogP contribution in [-0.4, -0.2) is 53.7 Å². The number of pyridine rings is 1. The van der Waals surface area contributed by atoms with Crippen LogP contribution >= 0.6 is 0 Å². The summed E-state index contributed by atoms with van der Waals surface area (Å²) in [5.74, 6) is 0. The van der Waals surface area contributed by atoms with E-state index in [2.05, 4.69) is 16.7 Å². The van der Waals surface area contributed by atoms with Crippen LogP contribution in [0.4, 0.5) is 9.59 Å². The Labute approximate surface area is 236 Å². The molecule has 0 saturated carbocycles. The van der Waals surface area contributed by atoms with Crippen molar-refractivity contribution in [2.45, 2.75) is 91.9 Å². The zero-order chi connectivity index (χ0) is 29.5. The first-order valence-electron chi connectivity index (χ1n) is 13.6. The molecule has 0 saturated heterocycles. The number of aromatic nitrogens is 1.